The van der Waals surface area contributed by atoms with E-state index in [9.17, 15) is 4.79 Å². The van der Waals surface area contributed by atoms with Crippen molar-refractivity contribution >= 4 is 44.0 Å². The van der Waals surface area contributed by atoms with Crippen LogP contribution in [0.4, 0.5) is 5.69 Å². The Bertz CT molecular complexity index is 959. The Balaban J connectivity index is 2.08. The molecule has 3 nitrogen and oxygen atoms in total. The van der Waals surface area contributed by atoms with Crippen molar-refractivity contribution in [3.63, 3.8) is 0 Å². The van der Waals surface area contributed by atoms with Crippen LogP contribution >= 0.6 is 0 Å². The van der Waals surface area contributed by atoms with Crippen LogP contribution < -0.4 is 5.32 Å². The molecule has 0 aliphatic carbocycles. The van der Waals surface area contributed by atoms with Gasteiger partial charge in [-0.25, -0.2) is 0 Å². The van der Waals surface area contributed by atoms with E-state index in [0.29, 0.717) is 0 Å². The van der Waals surface area contributed by atoms with Gasteiger partial charge >= 0.3 is 5.97 Å². The van der Waals surface area contributed by atoms with Crippen molar-refractivity contribution in [3.05, 3.63) is 54.6 Å². The zero-order valence-electron chi connectivity index (χ0n) is 11.3. The molecule has 0 heterocycles. The van der Waals surface area contributed by atoms with Crippen molar-refractivity contribution in [2.24, 2.45) is 0 Å². The van der Waals surface area contributed by atoms with Crippen LogP contribution in [0.25, 0.3) is 32.3 Å². The number of carbonyl (C=O) groups is 1. The molecule has 0 amide bonds. The van der Waals surface area contributed by atoms with E-state index >= 15 is 0 Å². The lowest BCUT2D eigenvalue weighted by Crippen LogP contribution is -2.12. The monoisotopic (exact) mass is 275 g/mol. The molecule has 0 bridgehead atoms. The third-order valence-corrected chi connectivity index (χ3v) is 3.96. The highest BCUT2D eigenvalue weighted by atomic mass is 16.4. The van der Waals surface area contributed by atoms with Gasteiger partial charge in [0.15, 0.2) is 0 Å². The fraction of sp³-hybridized carbons (Fsp3) is 0.0556. The highest BCUT2D eigenvalue weighted by Gasteiger charge is 2.10. The third-order valence-electron chi connectivity index (χ3n) is 3.96. The van der Waals surface area contributed by atoms with Crippen LogP contribution in [0.2, 0.25) is 0 Å². The Hall–Kier alpha value is -2.81. The first-order valence-electron chi connectivity index (χ1n) is 6.86. The second kappa shape index (κ2) is 4.35. The molecule has 4 aromatic carbocycles. The van der Waals surface area contributed by atoms with Gasteiger partial charge in [0, 0.05) is 11.1 Å². The molecule has 4 rings (SSSR count). The fourth-order valence-electron chi connectivity index (χ4n) is 3.06. The van der Waals surface area contributed by atoms with Gasteiger partial charge in [0.05, 0.1) is 0 Å². The molecule has 0 radical (unpaired) electrons. The van der Waals surface area contributed by atoms with Crippen LogP contribution in [0.15, 0.2) is 54.6 Å². The van der Waals surface area contributed by atoms with Crippen molar-refractivity contribution in [3.8, 4) is 0 Å². The first-order valence-corrected chi connectivity index (χ1v) is 6.86. The number of rotatable bonds is 3. The van der Waals surface area contributed by atoms with E-state index < -0.39 is 5.97 Å². The van der Waals surface area contributed by atoms with Gasteiger partial charge in [-0.3, -0.25) is 4.79 Å². The summed E-state index contributed by atoms with van der Waals surface area (Å²) < 4.78 is 0. The molecule has 21 heavy (non-hydrogen) atoms. The molecule has 0 saturated carbocycles. The van der Waals surface area contributed by atoms with Crippen LogP contribution in [-0.4, -0.2) is 17.6 Å². The minimum absolute atomic E-state index is 0.0794. The molecule has 102 valence electrons. The van der Waals surface area contributed by atoms with Crippen LogP contribution in [0, 0.1) is 0 Å². The van der Waals surface area contributed by atoms with E-state index in [1.54, 1.807) is 0 Å². The topological polar surface area (TPSA) is 49.3 Å². The zero-order chi connectivity index (χ0) is 14.4. The Morgan fingerprint density at radius 1 is 0.857 bits per heavy atom. The average Bonchev–Trinajstić information content (AvgIpc) is 2.51. The summed E-state index contributed by atoms with van der Waals surface area (Å²) >= 11 is 0. The number of anilines is 1. The largest absolute Gasteiger partial charge is 0.480 e. The Morgan fingerprint density at radius 2 is 1.48 bits per heavy atom. The molecular weight excluding hydrogens is 262 g/mol. The Kier molecular flexibility index (Phi) is 2.48. The molecule has 4 aromatic rings. The highest BCUT2D eigenvalue weighted by Crippen LogP contribution is 2.37. The van der Waals surface area contributed by atoms with Gasteiger partial charge in [-0.05, 0) is 33.0 Å². The number of carboxylic acid groups (broad SMARTS) is 1. The summed E-state index contributed by atoms with van der Waals surface area (Å²) in [6, 6.07) is 18.7. The van der Waals surface area contributed by atoms with E-state index in [2.05, 4.69) is 47.8 Å². The highest BCUT2D eigenvalue weighted by molar-refractivity contribution is 6.25. The first kappa shape index (κ1) is 12.0. The lowest BCUT2D eigenvalue weighted by atomic mass is 9.93. The van der Waals surface area contributed by atoms with Gasteiger partial charge in [-0.1, -0.05) is 48.5 Å². The number of aliphatic carboxylic acids is 1. The van der Waals surface area contributed by atoms with E-state index in [0.717, 1.165) is 11.1 Å². The fourth-order valence-corrected chi connectivity index (χ4v) is 3.06. The second-order valence-corrected chi connectivity index (χ2v) is 5.22. The molecule has 0 aliphatic heterocycles. The molecule has 2 N–H and O–H groups in total. The molecule has 3 heteroatoms. The predicted molar refractivity (Wildman–Crippen MR) is 86.3 cm³/mol. The quantitative estimate of drug-likeness (QED) is 0.554. The van der Waals surface area contributed by atoms with E-state index in [-0.39, 0.29) is 6.54 Å². The van der Waals surface area contributed by atoms with Crippen LogP contribution in [0.3, 0.4) is 0 Å². The minimum atomic E-state index is -0.860. The summed E-state index contributed by atoms with van der Waals surface area (Å²) in [5, 5.41) is 19.0. The van der Waals surface area contributed by atoms with Gasteiger partial charge in [0.1, 0.15) is 6.54 Å². The molecular formula is C18H13NO2. The zero-order valence-corrected chi connectivity index (χ0v) is 11.3. The molecule has 0 atom stereocenters. The lowest BCUT2D eigenvalue weighted by Gasteiger charge is -2.14. The molecule has 0 fully saturated rings. The molecule has 0 aromatic heterocycles. The number of carboxylic acids is 1. The number of hydrogen-bond acceptors (Lipinski definition) is 2. The molecule has 0 spiro atoms. The van der Waals surface area contributed by atoms with Crippen molar-refractivity contribution in [2.75, 3.05) is 11.9 Å². The number of nitrogens with one attached hydrogen (secondary N) is 1. The standard InChI is InChI=1S/C18H13NO2/c20-16(21)10-19-15-9-7-13-5-4-11-2-1-3-12-6-8-14(15)18(13)17(11)12/h1-9,19H,10H2,(H,20,21). The number of benzene rings is 4. The third kappa shape index (κ3) is 1.78. The van der Waals surface area contributed by atoms with Crippen LogP contribution in [0.5, 0.6) is 0 Å². The van der Waals surface area contributed by atoms with Crippen LogP contribution in [0.1, 0.15) is 0 Å². The van der Waals surface area contributed by atoms with Gasteiger partial charge in [0.25, 0.3) is 0 Å². The molecule has 0 aliphatic rings. The second-order valence-electron chi connectivity index (χ2n) is 5.22. The lowest BCUT2D eigenvalue weighted by molar-refractivity contribution is -0.134. The van der Waals surface area contributed by atoms with Crippen molar-refractivity contribution in [1.29, 1.82) is 0 Å². The first-order chi connectivity index (χ1) is 10.2. The maximum absolute atomic E-state index is 10.8. The minimum Gasteiger partial charge on any atom is -0.480 e. The SMILES string of the molecule is O=C(O)CNc1ccc2ccc3cccc4ccc1c2c34. The molecule has 0 unspecified atom stereocenters. The summed E-state index contributed by atoms with van der Waals surface area (Å²) in [5.74, 6) is -0.860. The van der Waals surface area contributed by atoms with Crippen molar-refractivity contribution in [1.82, 2.24) is 0 Å². The van der Waals surface area contributed by atoms with Gasteiger partial charge in [0.2, 0.25) is 0 Å². The van der Waals surface area contributed by atoms with Crippen LogP contribution in [-0.2, 0) is 4.79 Å². The van der Waals surface area contributed by atoms with E-state index in [1.807, 2.05) is 12.1 Å². The Labute approximate surface area is 121 Å². The van der Waals surface area contributed by atoms with Gasteiger partial charge in [-0.2, -0.15) is 0 Å². The maximum atomic E-state index is 10.8. The summed E-state index contributed by atoms with van der Waals surface area (Å²) in [6.45, 7) is -0.0794. The summed E-state index contributed by atoms with van der Waals surface area (Å²) in [5.41, 5.74) is 0.864. The molecule has 0 saturated heterocycles. The summed E-state index contributed by atoms with van der Waals surface area (Å²) in [6.07, 6.45) is 0. The summed E-state index contributed by atoms with van der Waals surface area (Å²) in [7, 11) is 0. The summed E-state index contributed by atoms with van der Waals surface area (Å²) in [4.78, 5) is 10.8. The smallest absolute Gasteiger partial charge is 0.322 e. The maximum Gasteiger partial charge on any atom is 0.322 e. The van der Waals surface area contributed by atoms with E-state index in [4.69, 9.17) is 5.11 Å². The Morgan fingerprint density at radius 3 is 2.19 bits per heavy atom. The van der Waals surface area contributed by atoms with Crippen molar-refractivity contribution in [2.45, 2.75) is 0 Å². The van der Waals surface area contributed by atoms with Gasteiger partial charge in [-0.15, -0.1) is 0 Å². The average molecular weight is 275 g/mol. The number of hydrogen-bond donors (Lipinski definition) is 2. The van der Waals surface area contributed by atoms with Gasteiger partial charge < -0.3 is 10.4 Å². The predicted octanol–water partition coefficient (Wildman–Crippen LogP) is 4.08. The normalized spacial score (nSPS) is 11.4. The van der Waals surface area contributed by atoms with E-state index in [1.165, 1.54) is 26.9 Å². The van der Waals surface area contributed by atoms with Crippen molar-refractivity contribution < 1.29 is 9.90 Å².